The number of piperidine rings is 1. The third-order valence-electron chi connectivity index (χ3n) is 6.21. The summed E-state index contributed by atoms with van der Waals surface area (Å²) in [4.78, 5) is 5.05. The van der Waals surface area contributed by atoms with Gasteiger partial charge in [0.25, 0.3) is 0 Å². The highest BCUT2D eigenvalue weighted by atomic mass is 16.7. The number of nitrogens with one attached hydrogen (secondary N) is 1. The molecule has 0 spiro atoms. The molecular weight excluding hydrogens is 350 g/mol. The third kappa shape index (κ3) is 3.96. The molecule has 5 nitrogen and oxygen atoms in total. The summed E-state index contributed by atoms with van der Waals surface area (Å²) in [6.45, 7) is 5.96. The topological polar surface area (TPSA) is 37.0 Å². The van der Waals surface area contributed by atoms with Crippen LogP contribution in [0, 0.1) is 0 Å². The predicted molar refractivity (Wildman–Crippen MR) is 111 cm³/mol. The first kappa shape index (κ1) is 17.8. The Bertz CT molecular complexity index is 790. The maximum absolute atomic E-state index is 5.53. The number of anilines is 1. The summed E-state index contributed by atoms with van der Waals surface area (Å²) in [5.74, 6) is 1.74. The monoisotopic (exact) mass is 379 g/mol. The van der Waals surface area contributed by atoms with E-state index in [1.807, 2.05) is 6.07 Å². The minimum absolute atomic E-state index is 0.341. The quantitative estimate of drug-likeness (QED) is 0.863. The molecule has 0 bridgehead atoms. The van der Waals surface area contributed by atoms with Gasteiger partial charge in [0.15, 0.2) is 11.5 Å². The Morgan fingerprint density at radius 1 is 0.857 bits per heavy atom. The van der Waals surface area contributed by atoms with E-state index in [0.29, 0.717) is 18.9 Å². The molecule has 0 amide bonds. The van der Waals surface area contributed by atoms with Crippen LogP contribution in [0.3, 0.4) is 0 Å². The van der Waals surface area contributed by atoms with Crippen LogP contribution in [0.1, 0.15) is 24.8 Å². The molecule has 1 N–H and O–H groups in total. The van der Waals surface area contributed by atoms with E-state index < -0.39 is 0 Å². The third-order valence-corrected chi connectivity index (χ3v) is 6.21. The van der Waals surface area contributed by atoms with Gasteiger partial charge >= 0.3 is 0 Å². The molecule has 2 fully saturated rings. The number of benzene rings is 2. The standard InChI is InChI=1S/C23H29N3O2/c1-2-4-18(5-3-1)15-25-11-8-20(16-25)24-19-9-12-26(13-10-19)21-6-7-22-23(14-21)28-17-27-22/h1-7,14,19-20,24H,8-13,15-17H2/t20-/m0/s1. The lowest BCUT2D eigenvalue weighted by Crippen LogP contribution is -2.47. The van der Waals surface area contributed by atoms with Crippen molar-refractivity contribution < 1.29 is 9.47 Å². The second-order valence-electron chi connectivity index (χ2n) is 8.17. The summed E-state index contributed by atoms with van der Waals surface area (Å²) < 4.78 is 11.0. The summed E-state index contributed by atoms with van der Waals surface area (Å²) in [5.41, 5.74) is 2.66. The smallest absolute Gasteiger partial charge is 0.231 e. The Hall–Kier alpha value is -2.24. The van der Waals surface area contributed by atoms with Crippen LogP contribution in [-0.2, 0) is 6.54 Å². The van der Waals surface area contributed by atoms with Crippen molar-refractivity contribution in [2.75, 3.05) is 37.9 Å². The number of rotatable bonds is 5. The van der Waals surface area contributed by atoms with Gasteiger partial charge < -0.3 is 19.7 Å². The SMILES string of the molecule is c1ccc(CN2CC[C@H](NC3CCN(c4ccc5c(c4)OCO5)CC3)C2)cc1. The maximum atomic E-state index is 5.53. The fourth-order valence-corrected chi connectivity index (χ4v) is 4.67. The zero-order chi connectivity index (χ0) is 18.8. The van der Waals surface area contributed by atoms with E-state index in [2.05, 4.69) is 57.6 Å². The Labute approximate surface area is 167 Å². The minimum Gasteiger partial charge on any atom is -0.454 e. The van der Waals surface area contributed by atoms with Gasteiger partial charge in [0.05, 0.1) is 0 Å². The molecule has 0 unspecified atom stereocenters. The summed E-state index contributed by atoms with van der Waals surface area (Å²) in [5, 5.41) is 3.93. The molecule has 3 heterocycles. The van der Waals surface area contributed by atoms with E-state index in [0.717, 1.165) is 37.7 Å². The van der Waals surface area contributed by atoms with Crippen molar-refractivity contribution in [1.29, 1.82) is 0 Å². The average Bonchev–Trinajstić information content (AvgIpc) is 3.38. The van der Waals surface area contributed by atoms with Crippen LogP contribution < -0.4 is 19.7 Å². The van der Waals surface area contributed by atoms with E-state index in [9.17, 15) is 0 Å². The van der Waals surface area contributed by atoms with Crippen LogP contribution in [0.4, 0.5) is 5.69 Å². The van der Waals surface area contributed by atoms with Crippen molar-refractivity contribution in [3.05, 3.63) is 54.1 Å². The predicted octanol–water partition coefficient (Wildman–Crippen LogP) is 3.25. The van der Waals surface area contributed by atoms with Gasteiger partial charge in [-0.3, -0.25) is 4.90 Å². The lowest BCUT2D eigenvalue weighted by atomic mass is 10.0. The average molecular weight is 380 g/mol. The van der Waals surface area contributed by atoms with Crippen LogP contribution in [-0.4, -0.2) is 50.0 Å². The largest absolute Gasteiger partial charge is 0.454 e. The molecule has 0 saturated carbocycles. The van der Waals surface area contributed by atoms with Crippen molar-refractivity contribution in [3.63, 3.8) is 0 Å². The van der Waals surface area contributed by atoms with Crippen molar-refractivity contribution in [1.82, 2.24) is 10.2 Å². The highest BCUT2D eigenvalue weighted by Crippen LogP contribution is 2.36. The van der Waals surface area contributed by atoms with E-state index in [-0.39, 0.29) is 0 Å². The van der Waals surface area contributed by atoms with E-state index >= 15 is 0 Å². The molecule has 3 aliphatic rings. The molecule has 2 aromatic rings. The first-order valence-corrected chi connectivity index (χ1v) is 10.5. The van der Waals surface area contributed by atoms with Crippen LogP contribution in [0.5, 0.6) is 11.5 Å². The minimum atomic E-state index is 0.341. The van der Waals surface area contributed by atoms with Gasteiger partial charge in [0, 0.05) is 56.6 Å². The fraction of sp³-hybridized carbons (Fsp3) is 0.478. The molecule has 0 aliphatic carbocycles. The number of nitrogens with zero attached hydrogens (tertiary/aromatic N) is 2. The number of ether oxygens (including phenoxy) is 2. The van der Waals surface area contributed by atoms with E-state index in [1.54, 1.807) is 0 Å². The second-order valence-corrected chi connectivity index (χ2v) is 8.17. The van der Waals surface area contributed by atoms with Gasteiger partial charge in [-0.05, 0) is 37.0 Å². The lowest BCUT2D eigenvalue weighted by molar-refractivity contribution is 0.174. The molecule has 0 aromatic heterocycles. The summed E-state index contributed by atoms with van der Waals surface area (Å²) in [6.07, 6.45) is 3.66. The Kier molecular flexibility index (Phi) is 5.10. The Morgan fingerprint density at radius 3 is 2.50 bits per heavy atom. The molecule has 2 saturated heterocycles. The van der Waals surface area contributed by atoms with Gasteiger partial charge in [-0.2, -0.15) is 0 Å². The molecule has 28 heavy (non-hydrogen) atoms. The fourth-order valence-electron chi connectivity index (χ4n) is 4.67. The van der Waals surface area contributed by atoms with Crippen LogP contribution in [0.15, 0.2) is 48.5 Å². The van der Waals surface area contributed by atoms with Gasteiger partial charge in [0.1, 0.15) is 0 Å². The highest BCUT2D eigenvalue weighted by molar-refractivity contribution is 5.57. The molecule has 148 valence electrons. The van der Waals surface area contributed by atoms with Gasteiger partial charge in [-0.1, -0.05) is 30.3 Å². The second kappa shape index (κ2) is 8.02. The molecule has 2 aromatic carbocycles. The summed E-state index contributed by atoms with van der Waals surface area (Å²) >= 11 is 0. The van der Waals surface area contributed by atoms with E-state index in [1.165, 1.54) is 37.1 Å². The maximum Gasteiger partial charge on any atom is 0.231 e. The van der Waals surface area contributed by atoms with Crippen molar-refractivity contribution >= 4 is 5.69 Å². The van der Waals surface area contributed by atoms with E-state index in [4.69, 9.17) is 9.47 Å². The molecule has 5 heteroatoms. The number of fused-ring (bicyclic) bond motifs is 1. The van der Waals surface area contributed by atoms with Gasteiger partial charge in [-0.25, -0.2) is 0 Å². The van der Waals surface area contributed by atoms with Crippen LogP contribution >= 0.6 is 0 Å². The Morgan fingerprint density at radius 2 is 1.64 bits per heavy atom. The molecule has 0 radical (unpaired) electrons. The summed E-state index contributed by atoms with van der Waals surface area (Å²) in [6, 6.07) is 18.4. The summed E-state index contributed by atoms with van der Waals surface area (Å²) in [7, 11) is 0. The zero-order valence-corrected chi connectivity index (χ0v) is 16.3. The molecule has 5 rings (SSSR count). The van der Waals surface area contributed by atoms with Crippen molar-refractivity contribution in [2.45, 2.75) is 37.9 Å². The highest BCUT2D eigenvalue weighted by Gasteiger charge is 2.27. The first-order chi connectivity index (χ1) is 13.8. The normalized spacial score (nSPS) is 22.7. The van der Waals surface area contributed by atoms with Crippen molar-refractivity contribution in [3.8, 4) is 11.5 Å². The molecule has 1 atom stereocenters. The van der Waals surface area contributed by atoms with Gasteiger partial charge in [0.2, 0.25) is 6.79 Å². The number of hydrogen-bond donors (Lipinski definition) is 1. The van der Waals surface area contributed by atoms with Crippen LogP contribution in [0.2, 0.25) is 0 Å². The lowest BCUT2D eigenvalue weighted by Gasteiger charge is -2.35. The van der Waals surface area contributed by atoms with Crippen molar-refractivity contribution in [2.24, 2.45) is 0 Å². The number of hydrogen-bond acceptors (Lipinski definition) is 5. The van der Waals surface area contributed by atoms with Gasteiger partial charge in [-0.15, -0.1) is 0 Å². The Balaban J connectivity index is 1.09. The van der Waals surface area contributed by atoms with Crippen LogP contribution in [0.25, 0.3) is 0 Å². The molecule has 3 aliphatic heterocycles. The zero-order valence-electron chi connectivity index (χ0n) is 16.3. The number of likely N-dealkylation sites (tertiary alicyclic amines) is 1. The molecular formula is C23H29N3O2. The first-order valence-electron chi connectivity index (χ1n) is 10.5.